The Hall–Kier alpha value is -3.10. The van der Waals surface area contributed by atoms with Gasteiger partial charge in [-0.15, -0.1) is 0 Å². The highest BCUT2D eigenvalue weighted by molar-refractivity contribution is 6.00. The maximum atomic E-state index is 5.70. The molecule has 0 spiro atoms. The predicted octanol–water partition coefficient (Wildman–Crippen LogP) is 1.88. The van der Waals surface area contributed by atoms with Gasteiger partial charge in [0.15, 0.2) is 0 Å². The van der Waals surface area contributed by atoms with E-state index in [1.807, 2.05) is 48.5 Å². The van der Waals surface area contributed by atoms with Gasteiger partial charge < -0.3 is 29.6 Å². The number of nitrogens with one attached hydrogen (secondary N) is 2. The van der Waals surface area contributed by atoms with Gasteiger partial charge in [0, 0.05) is 24.2 Å². The van der Waals surface area contributed by atoms with E-state index in [4.69, 9.17) is 18.9 Å². The largest absolute Gasteiger partial charge is 0.491 e. The molecule has 0 aromatic heterocycles. The van der Waals surface area contributed by atoms with E-state index in [2.05, 4.69) is 20.6 Å². The van der Waals surface area contributed by atoms with Crippen LogP contribution in [0, 0.1) is 0 Å². The minimum atomic E-state index is 0.500. The lowest BCUT2D eigenvalue weighted by atomic mass is 10.2. The molecule has 32 heavy (non-hydrogen) atoms. The summed E-state index contributed by atoms with van der Waals surface area (Å²) in [6, 6.07) is 15.9. The number of rotatable bonds is 13. The van der Waals surface area contributed by atoms with E-state index in [-0.39, 0.29) is 0 Å². The van der Waals surface area contributed by atoms with Crippen molar-refractivity contribution in [2.45, 2.75) is 0 Å². The molecule has 0 aliphatic carbocycles. The molecule has 0 fully saturated rings. The second-order valence-corrected chi connectivity index (χ2v) is 7.28. The molecule has 4 rings (SSSR count). The first-order chi connectivity index (χ1) is 15.9. The average molecular weight is 439 g/mol. The fraction of sp³-hybridized carbons (Fsp3) is 0.417. The molecule has 0 saturated carbocycles. The molecule has 2 aromatic carbocycles. The van der Waals surface area contributed by atoms with Gasteiger partial charge in [-0.25, -0.2) is 0 Å². The maximum Gasteiger partial charge on any atom is 0.128 e. The van der Waals surface area contributed by atoms with Crippen LogP contribution in [0.4, 0.5) is 0 Å². The Morgan fingerprint density at radius 1 is 0.562 bits per heavy atom. The Bertz CT molecular complexity index is 822. The Morgan fingerprint density at radius 3 is 1.34 bits per heavy atom. The van der Waals surface area contributed by atoms with Gasteiger partial charge in [-0.05, 0) is 48.5 Å². The summed E-state index contributed by atoms with van der Waals surface area (Å²) in [5.41, 5.74) is 2.17. The van der Waals surface area contributed by atoms with Crippen LogP contribution in [0.15, 0.2) is 58.5 Å². The third kappa shape index (κ3) is 6.70. The minimum absolute atomic E-state index is 0.500. The van der Waals surface area contributed by atoms with Crippen molar-refractivity contribution in [2.75, 3.05) is 65.8 Å². The van der Waals surface area contributed by atoms with Gasteiger partial charge in [-0.1, -0.05) is 0 Å². The van der Waals surface area contributed by atoms with Crippen molar-refractivity contribution in [1.29, 1.82) is 0 Å². The van der Waals surface area contributed by atoms with Crippen LogP contribution in [0.25, 0.3) is 0 Å². The van der Waals surface area contributed by atoms with Gasteiger partial charge >= 0.3 is 0 Å². The molecule has 2 aliphatic heterocycles. The second-order valence-electron chi connectivity index (χ2n) is 7.28. The standard InChI is InChI=1S/C24H30N4O4/c1-5-21(6-2-19(1)23-25-9-10-26-23)31-17-15-29-13-14-30-16-18-32-22-7-3-20(4-8-22)24-27-11-12-28-24/h1-8H,9-18H2,(H,25,26)(H,27,28). The van der Waals surface area contributed by atoms with Crippen LogP contribution in [-0.2, 0) is 9.47 Å². The molecule has 0 amide bonds. The normalized spacial score (nSPS) is 15.0. The molecule has 0 saturated heterocycles. The van der Waals surface area contributed by atoms with Crippen LogP contribution in [0.2, 0.25) is 0 Å². The lowest BCUT2D eigenvalue weighted by molar-refractivity contribution is 0.0273. The first-order valence-corrected chi connectivity index (χ1v) is 11.1. The molecule has 8 nitrogen and oxygen atoms in total. The molecule has 8 heteroatoms. The summed E-state index contributed by atoms with van der Waals surface area (Å²) >= 11 is 0. The Morgan fingerprint density at radius 2 is 0.969 bits per heavy atom. The molecule has 2 aliphatic rings. The summed E-state index contributed by atoms with van der Waals surface area (Å²) in [7, 11) is 0. The third-order valence-electron chi connectivity index (χ3n) is 4.97. The van der Waals surface area contributed by atoms with E-state index in [1.165, 1.54) is 0 Å². The number of hydrogen-bond donors (Lipinski definition) is 2. The van der Waals surface area contributed by atoms with Gasteiger partial charge in [0.25, 0.3) is 0 Å². The van der Waals surface area contributed by atoms with Crippen molar-refractivity contribution in [3.05, 3.63) is 59.7 Å². The lowest BCUT2D eigenvalue weighted by Gasteiger charge is -2.10. The van der Waals surface area contributed by atoms with Crippen molar-refractivity contribution in [3.8, 4) is 11.5 Å². The first kappa shape index (κ1) is 22.1. The van der Waals surface area contributed by atoms with E-state index < -0.39 is 0 Å². The van der Waals surface area contributed by atoms with Gasteiger partial charge in [0.2, 0.25) is 0 Å². The topological polar surface area (TPSA) is 85.7 Å². The van der Waals surface area contributed by atoms with Crippen LogP contribution < -0.4 is 20.1 Å². The van der Waals surface area contributed by atoms with E-state index in [1.54, 1.807) is 0 Å². The lowest BCUT2D eigenvalue weighted by Crippen LogP contribution is -2.19. The van der Waals surface area contributed by atoms with Gasteiger partial charge in [-0.2, -0.15) is 0 Å². The highest BCUT2D eigenvalue weighted by atomic mass is 16.6. The Labute approximate surface area is 188 Å². The summed E-state index contributed by atoms with van der Waals surface area (Å²) < 4.78 is 22.5. The first-order valence-electron chi connectivity index (χ1n) is 11.1. The number of benzene rings is 2. The van der Waals surface area contributed by atoms with Crippen molar-refractivity contribution in [3.63, 3.8) is 0 Å². The molecule has 2 aromatic rings. The number of amidine groups is 2. The Kier molecular flexibility index (Phi) is 8.34. The monoisotopic (exact) mass is 438 g/mol. The van der Waals surface area contributed by atoms with Gasteiger partial charge in [-0.3, -0.25) is 9.98 Å². The fourth-order valence-electron chi connectivity index (χ4n) is 3.36. The summed E-state index contributed by atoms with van der Waals surface area (Å²) in [6.45, 7) is 6.57. The van der Waals surface area contributed by atoms with Crippen LogP contribution in [-0.4, -0.2) is 77.5 Å². The summed E-state index contributed by atoms with van der Waals surface area (Å²) in [5.74, 6) is 3.56. The van der Waals surface area contributed by atoms with Crippen molar-refractivity contribution in [2.24, 2.45) is 9.98 Å². The molecule has 170 valence electrons. The molecular formula is C24H30N4O4. The summed E-state index contributed by atoms with van der Waals surface area (Å²) in [5, 5.41) is 6.52. The summed E-state index contributed by atoms with van der Waals surface area (Å²) in [6.07, 6.45) is 0. The van der Waals surface area contributed by atoms with E-state index in [0.717, 1.165) is 60.5 Å². The molecule has 2 N–H and O–H groups in total. The number of aliphatic imine (C=N–C) groups is 2. The third-order valence-corrected chi connectivity index (χ3v) is 4.97. The number of nitrogens with zero attached hydrogens (tertiary/aromatic N) is 2. The van der Waals surface area contributed by atoms with Crippen molar-refractivity contribution < 1.29 is 18.9 Å². The average Bonchev–Trinajstić information content (AvgIpc) is 3.56. The van der Waals surface area contributed by atoms with Crippen LogP contribution in [0.5, 0.6) is 11.5 Å². The van der Waals surface area contributed by atoms with Crippen LogP contribution >= 0.6 is 0 Å². The highest BCUT2D eigenvalue weighted by Gasteiger charge is 2.08. The van der Waals surface area contributed by atoms with Crippen LogP contribution in [0.1, 0.15) is 11.1 Å². The number of ether oxygens (including phenoxy) is 4. The minimum Gasteiger partial charge on any atom is -0.491 e. The summed E-state index contributed by atoms with van der Waals surface area (Å²) in [4.78, 5) is 8.82. The maximum absolute atomic E-state index is 5.70. The zero-order valence-electron chi connectivity index (χ0n) is 18.2. The Balaban J connectivity index is 0.994. The zero-order valence-corrected chi connectivity index (χ0v) is 18.2. The van der Waals surface area contributed by atoms with Crippen molar-refractivity contribution in [1.82, 2.24) is 10.6 Å². The SMILES string of the molecule is c1cc(C2=NCCN2)ccc1OCCOCCOCCOc1ccc(C2=NCCN2)cc1. The molecule has 2 heterocycles. The molecule has 0 atom stereocenters. The van der Waals surface area contributed by atoms with E-state index in [0.29, 0.717) is 39.6 Å². The van der Waals surface area contributed by atoms with Crippen LogP contribution in [0.3, 0.4) is 0 Å². The number of hydrogen-bond acceptors (Lipinski definition) is 8. The predicted molar refractivity (Wildman–Crippen MR) is 124 cm³/mol. The second kappa shape index (κ2) is 12.1. The van der Waals surface area contributed by atoms with Crippen molar-refractivity contribution >= 4 is 11.7 Å². The van der Waals surface area contributed by atoms with Gasteiger partial charge in [0.05, 0.1) is 39.5 Å². The smallest absolute Gasteiger partial charge is 0.128 e. The molecule has 0 unspecified atom stereocenters. The van der Waals surface area contributed by atoms with E-state index in [9.17, 15) is 0 Å². The molecule has 0 bridgehead atoms. The quantitative estimate of drug-likeness (QED) is 0.465. The fourth-order valence-corrected chi connectivity index (χ4v) is 3.36. The van der Waals surface area contributed by atoms with E-state index >= 15 is 0 Å². The molecular weight excluding hydrogens is 408 g/mol. The van der Waals surface area contributed by atoms with Gasteiger partial charge in [0.1, 0.15) is 36.4 Å². The molecule has 0 radical (unpaired) electrons. The zero-order chi connectivity index (χ0) is 21.8. The highest BCUT2D eigenvalue weighted by Crippen LogP contribution is 2.14.